The number of aromatic nitrogens is 3. The number of hydrogen-bond acceptors (Lipinski definition) is 3. The predicted molar refractivity (Wildman–Crippen MR) is 88.0 cm³/mol. The summed E-state index contributed by atoms with van der Waals surface area (Å²) in [6.45, 7) is 5.02. The van der Waals surface area contributed by atoms with Crippen molar-refractivity contribution in [3.63, 3.8) is 0 Å². The Morgan fingerprint density at radius 3 is 2.76 bits per heavy atom. The molecule has 0 aliphatic heterocycles. The molecule has 0 aromatic carbocycles. The summed E-state index contributed by atoms with van der Waals surface area (Å²) in [6.07, 6.45) is 2.44. The number of halogens is 1. The van der Waals surface area contributed by atoms with E-state index in [2.05, 4.69) is 5.10 Å². The first-order valence-electron chi connectivity index (χ1n) is 6.72. The number of nitrogens with two attached hydrogens (primary N) is 1. The number of thiocarbonyl (C=S) groups is 1. The van der Waals surface area contributed by atoms with Gasteiger partial charge in [-0.1, -0.05) is 30.7 Å². The van der Waals surface area contributed by atoms with Crippen molar-refractivity contribution >= 4 is 28.8 Å². The van der Waals surface area contributed by atoms with Crippen LogP contribution in [-0.2, 0) is 19.5 Å². The molecule has 112 valence electrons. The van der Waals surface area contributed by atoms with Crippen molar-refractivity contribution in [2.24, 2.45) is 5.73 Å². The van der Waals surface area contributed by atoms with Gasteiger partial charge in [0.2, 0.25) is 0 Å². The summed E-state index contributed by atoms with van der Waals surface area (Å²) >= 11 is 11.3. The van der Waals surface area contributed by atoms with E-state index in [1.165, 1.54) is 0 Å². The lowest BCUT2D eigenvalue weighted by atomic mass is 10.2. The highest BCUT2D eigenvalue weighted by Crippen LogP contribution is 2.22. The molecule has 0 aliphatic carbocycles. The minimum absolute atomic E-state index is 0.0960. The van der Waals surface area contributed by atoms with Gasteiger partial charge in [-0.25, -0.2) is 0 Å². The topological polar surface area (TPSA) is 65.8 Å². The van der Waals surface area contributed by atoms with Crippen LogP contribution >= 0.6 is 23.8 Å². The van der Waals surface area contributed by atoms with Crippen LogP contribution in [0.2, 0.25) is 5.02 Å². The predicted octanol–water partition coefficient (Wildman–Crippen LogP) is 1.96. The Morgan fingerprint density at radius 2 is 2.19 bits per heavy atom. The van der Waals surface area contributed by atoms with Crippen molar-refractivity contribution in [1.29, 1.82) is 0 Å². The Bertz CT molecular complexity index is 735. The molecule has 0 aliphatic rings. The van der Waals surface area contributed by atoms with E-state index in [9.17, 15) is 4.79 Å². The lowest BCUT2D eigenvalue weighted by Gasteiger charge is -2.09. The lowest BCUT2D eigenvalue weighted by molar-refractivity contribution is 0.589. The normalized spacial score (nSPS) is 10.8. The van der Waals surface area contributed by atoms with E-state index in [4.69, 9.17) is 29.6 Å². The van der Waals surface area contributed by atoms with E-state index in [1.54, 1.807) is 22.9 Å². The molecule has 2 rings (SSSR count). The van der Waals surface area contributed by atoms with Gasteiger partial charge in [-0.05, 0) is 25.5 Å². The third-order valence-electron chi connectivity index (χ3n) is 3.30. The molecule has 7 heteroatoms. The third kappa shape index (κ3) is 3.01. The van der Waals surface area contributed by atoms with Gasteiger partial charge < -0.3 is 10.3 Å². The van der Waals surface area contributed by atoms with E-state index in [-0.39, 0.29) is 10.5 Å². The molecule has 5 nitrogen and oxygen atoms in total. The van der Waals surface area contributed by atoms with Crippen LogP contribution in [0.1, 0.15) is 30.8 Å². The Morgan fingerprint density at radius 1 is 1.48 bits per heavy atom. The second-order valence-corrected chi connectivity index (χ2v) is 5.41. The second kappa shape index (κ2) is 6.41. The van der Waals surface area contributed by atoms with Gasteiger partial charge in [0.1, 0.15) is 4.99 Å². The van der Waals surface area contributed by atoms with Crippen molar-refractivity contribution in [2.45, 2.75) is 33.4 Å². The van der Waals surface area contributed by atoms with Crippen molar-refractivity contribution < 1.29 is 0 Å². The van der Waals surface area contributed by atoms with Crippen molar-refractivity contribution in [2.75, 3.05) is 0 Å². The first-order chi connectivity index (χ1) is 9.99. The Hall–Kier alpha value is -1.66. The molecular weight excluding hydrogens is 308 g/mol. The quantitative estimate of drug-likeness (QED) is 0.854. The fourth-order valence-electron chi connectivity index (χ4n) is 2.18. The highest BCUT2D eigenvalue weighted by molar-refractivity contribution is 7.80. The molecule has 0 amide bonds. The first kappa shape index (κ1) is 15.7. The van der Waals surface area contributed by atoms with E-state index < -0.39 is 0 Å². The maximum atomic E-state index is 12.3. The molecule has 21 heavy (non-hydrogen) atoms. The molecular formula is C14H17ClN4OS. The van der Waals surface area contributed by atoms with E-state index in [1.807, 2.05) is 18.5 Å². The summed E-state index contributed by atoms with van der Waals surface area (Å²) in [5.41, 5.74) is 7.34. The van der Waals surface area contributed by atoms with Crippen LogP contribution in [-0.4, -0.2) is 19.3 Å². The third-order valence-corrected chi connectivity index (χ3v) is 3.96. The number of nitrogens with zero attached hydrogens (tertiary/aromatic N) is 3. The number of rotatable bonds is 5. The van der Waals surface area contributed by atoms with Gasteiger partial charge in [0.05, 0.1) is 28.5 Å². The lowest BCUT2D eigenvalue weighted by Crippen LogP contribution is -2.29. The van der Waals surface area contributed by atoms with Gasteiger partial charge in [-0.2, -0.15) is 5.10 Å². The largest absolute Gasteiger partial charge is 0.389 e. The van der Waals surface area contributed by atoms with Gasteiger partial charge in [0.15, 0.2) is 0 Å². The highest BCUT2D eigenvalue weighted by Gasteiger charge is 2.16. The molecule has 0 spiro atoms. The van der Waals surface area contributed by atoms with Crippen LogP contribution in [0.3, 0.4) is 0 Å². The summed E-state index contributed by atoms with van der Waals surface area (Å²) in [6, 6.07) is 3.37. The van der Waals surface area contributed by atoms with Crippen LogP contribution in [0.5, 0.6) is 0 Å². The average molecular weight is 325 g/mol. The number of aryl methyl sites for hydroxylation is 2. The van der Waals surface area contributed by atoms with E-state index in [0.717, 1.165) is 17.8 Å². The smallest absolute Gasteiger partial charge is 0.261 e. The van der Waals surface area contributed by atoms with Gasteiger partial charge in [-0.15, -0.1) is 0 Å². The maximum absolute atomic E-state index is 12.3. The second-order valence-electron chi connectivity index (χ2n) is 4.60. The van der Waals surface area contributed by atoms with E-state index >= 15 is 0 Å². The molecule has 2 N–H and O–H groups in total. The highest BCUT2D eigenvalue weighted by atomic mass is 35.5. The number of pyridine rings is 1. The molecule has 0 saturated carbocycles. The fourth-order valence-corrected chi connectivity index (χ4v) is 2.66. The van der Waals surface area contributed by atoms with Gasteiger partial charge in [-0.3, -0.25) is 9.48 Å². The Balaban J connectivity index is 2.48. The van der Waals surface area contributed by atoms with Crippen molar-refractivity contribution in [3.05, 3.63) is 50.7 Å². The minimum Gasteiger partial charge on any atom is -0.389 e. The van der Waals surface area contributed by atoms with Crippen LogP contribution in [0.25, 0.3) is 0 Å². The summed E-state index contributed by atoms with van der Waals surface area (Å²) in [7, 11) is 0. The summed E-state index contributed by atoms with van der Waals surface area (Å²) in [5, 5.41) is 5.07. The molecule has 2 aromatic rings. The molecule has 0 unspecified atom stereocenters. The molecule has 0 bridgehead atoms. The minimum atomic E-state index is -0.219. The summed E-state index contributed by atoms with van der Waals surface area (Å²) in [5.74, 6) is 0. The summed E-state index contributed by atoms with van der Waals surface area (Å²) < 4.78 is 3.37. The Kier molecular flexibility index (Phi) is 4.80. The molecule has 0 fully saturated rings. The van der Waals surface area contributed by atoms with Crippen LogP contribution < -0.4 is 11.3 Å². The Labute approximate surface area is 133 Å². The molecule has 0 atom stereocenters. The maximum Gasteiger partial charge on any atom is 0.261 e. The number of hydrogen-bond donors (Lipinski definition) is 1. The van der Waals surface area contributed by atoms with E-state index in [0.29, 0.717) is 23.7 Å². The zero-order valence-corrected chi connectivity index (χ0v) is 13.5. The van der Waals surface area contributed by atoms with Gasteiger partial charge in [0, 0.05) is 12.7 Å². The molecule has 2 heterocycles. The standard InChI is InChI=1S/C14H17ClN4OS/c1-3-10-12(15)11(19(4-2)17-10)8-18-7-5-6-9(13(16)21)14(18)20/h5-7H,3-4,8H2,1-2H3,(H2,16,21). The van der Waals surface area contributed by atoms with Crippen LogP contribution in [0.15, 0.2) is 23.1 Å². The van der Waals surface area contributed by atoms with Crippen molar-refractivity contribution in [3.8, 4) is 0 Å². The average Bonchev–Trinajstić information content (AvgIpc) is 2.77. The van der Waals surface area contributed by atoms with Crippen LogP contribution in [0.4, 0.5) is 0 Å². The molecule has 0 saturated heterocycles. The summed E-state index contributed by atoms with van der Waals surface area (Å²) in [4.78, 5) is 12.4. The SMILES string of the molecule is CCc1nn(CC)c(Cn2cccc(C(N)=S)c2=O)c1Cl. The zero-order chi connectivity index (χ0) is 15.6. The van der Waals surface area contributed by atoms with Gasteiger partial charge >= 0.3 is 0 Å². The molecule has 2 aromatic heterocycles. The van der Waals surface area contributed by atoms with Crippen molar-refractivity contribution in [1.82, 2.24) is 14.3 Å². The van der Waals surface area contributed by atoms with Crippen LogP contribution in [0, 0.1) is 0 Å². The monoisotopic (exact) mass is 324 g/mol. The first-order valence-corrected chi connectivity index (χ1v) is 7.51. The van der Waals surface area contributed by atoms with Gasteiger partial charge in [0.25, 0.3) is 5.56 Å². The molecule has 0 radical (unpaired) electrons. The zero-order valence-electron chi connectivity index (χ0n) is 12.0. The fraction of sp³-hybridized carbons (Fsp3) is 0.357.